The van der Waals surface area contributed by atoms with Gasteiger partial charge in [-0.3, -0.25) is 4.79 Å². The number of para-hydroxylation sites is 1. The molecule has 1 aliphatic heterocycles. The zero-order valence-electron chi connectivity index (χ0n) is 16.4. The number of hydrogen-bond acceptors (Lipinski definition) is 3. The van der Waals surface area contributed by atoms with Gasteiger partial charge in [-0.2, -0.15) is 5.10 Å². The van der Waals surface area contributed by atoms with Crippen molar-refractivity contribution in [2.45, 2.75) is 12.5 Å². The summed E-state index contributed by atoms with van der Waals surface area (Å²) in [5, 5.41) is 7.15. The number of carbonyl (C=O) groups excluding carboxylic acids is 1. The van der Waals surface area contributed by atoms with E-state index in [0.717, 1.165) is 22.2 Å². The third-order valence-electron chi connectivity index (χ3n) is 5.39. The van der Waals surface area contributed by atoms with Crippen LogP contribution < -0.4 is 0 Å². The molecule has 31 heavy (non-hydrogen) atoms. The van der Waals surface area contributed by atoms with E-state index in [1.54, 1.807) is 12.1 Å². The average Bonchev–Trinajstić information content (AvgIpc) is 3.24. The Kier molecular flexibility index (Phi) is 4.96. The third-order valence-corrected chi connectivity index (χ3v) is 5.70. The average molecular weight is 430 g/mol. The molecular weight excluding hydrogens is 413 g/mol. The number of nitrogens with zero attached hydrogens (tertiary/aromatic N) is 3. The number of rotatable bonds is 3. The summed E-state index contributed by atoms with van der Waals surface area (Å²) < 4.78 is 14.4. The van der Waals surface area contributed by atoms with Crippen LogP contribution in [0.4, 0.5) is 4.39 Å². The summed E-state index contributed by atoms with van der Waals surface area (Å²) in [5.74, 6) is -1.10. The third kappa shape index (κ3) is 3.57. The Balaban J connectivity index is 1.62. The minimum atomic E-state index is -0.586. The second kappa shape index (κ2) is 7.93. The topological polar surface area (TPSA) is 45.6 Å². The lowest BCUT2D eigenvalue weighted by Crippen LogP contribution is -2.28. The van der Waals surface area contributed by atoms with Crippen LogP contribution in [0.15, 0.2) is 90.0 Å². The number of halogens is 2. The lowest BCUT2D eigenvalue weighted by Gasteiger charge is -2.23. The van der Waals surface area contributed by atoms with Gasteiger partial charge in [0.2, 0.25) is 0 Å². The maximum absolute atomic E-state index is 14.4. The highest BCUT2D eigenvalue weighted by atomic mass is 35.5. The highest BCUT2D eigenvalue weighted by molar-refractivity contribution is 6.30. The first-order valence-corrected chi connectivity index (χ1v) is 10.3. The van der Waals surface area contributed by atoms with E-state index in [2.05, 4.69) is 10.1 Å². The number of amides is 1. The molecule has 0 aliphatic carbocycles. The van der Waals surface area contributed by atoms with Crippen molar-refractivity contribution in [3.63, 3.8) is 0 Å². The molecule has 1 amide bonds. The van der Waals surface area contributed by atoms with Crippen LogP contribution in [-0.4, -0.2) is 21.6 Å². The molecule has 0 saturated carbocycles. The van der Waals surface area contributed by atoms with E-state index >= 15 is 0 Å². The zero-order chi connectivity index (χ0) is 21.4. The van der Waals surface area contributed by atoms with Gasteiger partial charge in [0, 0.05) is 17.4 Å². The van der Waals surface area contributed by atoms with Gasteiger partial charge >= 0.3 is 0 Å². The molecule has 4 aromatic rings. The summed E-state index contributed by atoms with van der Waals surface area (Å²) in [6.07, 6.45) is 0.448. The minimum absolute atomic E-state index is 0.0320. The number of hydrazone groups is 1. The molecule has 1 aliphatic rings. The van der Waals surface area contributed by atoms with Crippen LogP contribution in [-0.2, 0) is 0 Å². The molecule has 1 unspecified atom stereocenters. The van der Waals surface area contributed by atoms with Gasteiger partial charge in [-0.15, -0.1) is 0 Å². The monoisotopic (exact) mass is 429 g/mol. The number of carbonyl (C=O) groups is 1. The summed E-state index contributed by atoms with van der Waals surface area (Å²) in [4.78, 5) is 17.8. The highest BCUT2D eigenvalue weighted by Gasteiger charge is 2.36. The van der Waals surface area contributed by atoms with E-state index < -0.39 is 17.8 Å². The molecule has 4 nitrogen and oxygen atoms in total. The van der Waals surface area contributed by atoms with E-state index in [0.29, 0.717) is 17.1 Å². The van der Waals surface area contributed by atoms with Gasteiger partial charge in [-0.05, 0) is 29.8 Å². The fourth-order valence-electron chi connectivity index (χ4n) is 3.85. The smallest absolute Gasteiger partial charge is 0.267 e. The molecule has 2 heterocycles. The first-order chi connectivity index (χ1) is 15.1. The summed E-state index contributed by atoms with van der Waals surface area (Å²) in [6, 6.07) is 24.6. The molecule has 0 spiro atoms. The Labute approximate surface area is 183 Å². The van der Waals surface area contributed by atoms with Crippen molar-refractivity contribution in [2.75, 3.05) is 0 Å². The molecule has 152 valence electrons. The number of benzene rings is 3. The highest BCUT2D eigenvalue weighted by Crippen LogP contribution is 2.38. The van der Waals surface area contributed by atoms with Crippen LogP contribution in [0.1, 0.15) is 33.9 Å². The second-order valence-electron chi connectivity index (χ2n) is 7.32. The van der Waals surface area contributed by atoms with Crippen LogP contribution in [0.25, 0.3) is 10.9 Å². The molecule has 0 saturated heterocycles. The van der Waals surface area contributed by atoms with Crippen LogP contribution in [0, 0.1) is 5.82 Å². The molecule has 6 heteroatoms. The number of pyridine rings is 1. The van der Waals surface area contributed by atoms with Gasteiger partial charge in [0.1, 0.15) is 11.0 Å². The summed E-state index contributed by atoms with van der Waals surface area (Å²) >= 11 is 6.55. The predicted octanol–water partition coefficient (Wildman–Crippen LogP) is 6.02. The maximum atomic E-state index is 14.4. The van der Waals surface area contributed by atoms with E-state index in [1.807, 2.05) is 60.7 Å². The van der Waals surface area contributed by atoms with Gasteiger partial charge in [0.15, 0.2) is 0 Å². The van der Waals surface area contributed by atoms with Gasteiger partial charge in [-0.25, -0.2) is 14.4 Å². The first-order valence-electron chi connectivity index (χ1n) is 9.88. The fourth-order valence-corrected chi connectivity index (χ4v) is 4.12. The Morgan fingerprint density at radius 1 is 0.968 bits per heavy atom. The zero-order valence-corrected chi connectivity index (χ0v) is 17.1. The van der Waals surface area contributed by atoms with Gasteiger partial charge in [0.05, 0.1) is 22.8 Å². The standard InChI is InChI=1S/C25H17ClFN3O/c26-24-19(14-17-10-4-7-13-21(17)28-24)23-15-22(16-8-2-1-3-9-16)29-30(23)25(31)18-11-5-6-12-20(18)27/h1-14,23H,15H2. The van der Waals surface area contributed by atoms with Crippen molar-refractivity contribution in [1.29, 1.82) is 0 Å². The molecule has 1 aromatic heterocycles. The van der Waals surface area contributed by atoms with Crippen molar-refractivity contribution >= 4 is 34.1 Å². The quantitative estimate of drug-likeness (QED) is 0.374. The fraction of sp³-hybridized carbons (Fsp3) is 0.0800. The number of fused-ring (bicyclic) bond motifs is 1. The first kappa shape index (κ1) is 19.4. The van der Waals surface area contributed by atoms with E-state index in [4.69, 9.17) is 11.6 Å². The van der Waals surface area contributed by atoms with Crippen molar-refractivity contribution in [1.82, 2.24) is 9.99 Å². The lowest BCUT2D eigenvalue weighted by atomic mass is 9.98. The number of hydrogen-bond donors (Lipinski definition) is 0. The van der Waals surface area contributed by atoms with E-state index in [9.17, 15) is 9.18 Å². The Morgan fingerprint density at radius 3 is 2.48 bits per heavy atom. The predicted molar refractivity (Wildman–Crippen MR) is 120 cm³/mol. The maximum Gasteiger partial charge on any atom is 0.277 e. The van der Waals surface area contributed by atoms with E-state index in [1.165, 1.54) is 17.1 Å². The van der Waals surface area contributed by atoms with Crippen LogP contribution in [0.3, 0.4) is 0 Å². The molecule has 0 bridgehead atoms. The number of aromatic nitrogens is 1. The van der Waals surface area contributed by atoms with Gasteiger partial charge in [-0.1, -0.05) is 72.3 Å². The second-order valence-corrected chi connectivity index (χ2v) is 7.68. The van der Waals surface area contributed by atoms with Crippen molar-refractivity contribution in [2.24, 2.45) is 5.10 Å². The molecule has 0 radical (unpaired) electrons. The minimum Gasteiger partial charge on any atom is -0.267 e. The Morgan fingerprint density at radius 2 is 1.68 bits per heavy atom. The van der Waals surface area contributed by atoms with E-state index in [-0.39, 0.29) is 5.56 Å². The molecule has 1 atom stereocenters. The molecular formula is C25H17ClFN3O. The largest absolute Gasteiger partial charge is 0.277 e. The normalized spacial score (nSPS) is 15.9. The Hall–Kier alpha value is -3.57. The van der Waals surface area contributed by atoms with Crippen LogP contribution in [0.2, 0.25) is 5.15 Å². The summed E-state index contributed by atoms with van der Waals surface area (Å²) in [7, 11) is 0. The van der Waals surface area contributed by atoms with Gasteiger partial charge < -0.3 is 0 Å². The van der Waals surface area contributed by atoms with Crippen molar-refractivity contribution in [3.8, 4) is 0 Å². The molecule has 0 fully saturated rings. The van der Waals surface area contributed by atoms with Crippen molar-refractivity contribution in [3.05, 3.63) is 113 Å². The SMILES string of the molecule is O=C(c1ccccc1F)N1N=C(c2ccccc2)CC1c1cc2ccccc2nc1Cl. The molecule has 3 aromatic carbocycles. The van der Waals surface area contributed by atoms with Gasteiger partial charge in [0.25, 0.3) is 5.91 Å². The summed E-state index contributed by atoms with van der Waals surface area (Å²) in [6.45, 7) is 0. The molecule has 5 rings (SSSR count). The lowest BCUT2D eigenvalue weighted by molar-refractivity contribution is 0.0706. The van der Waals surface area contributed by atoms with Crippen LogP contribution in [0.5, 0.6) is 0 Å². The summed E-state index contributed by atoms with van der Waals surface area (Å²) in [5.41, 5.74) is 3.06. The van der Waals surface area contributed by atoms with Crippen LogP contribution >= 0.6 is 11.6 Å². The van der Waals surface area contributed by atoms with Crippen molar-refractivity contribution < 1.29 is 9.18 Å². The molecule has 0 N–H and O–H groups in total. The Bertz CT molecular complexity index is 1320.